The van der Waals surface area contributed by atoms with E-state index in [0.717, 1.165) is 5.92 Å². The van der Waals surface area contributed by atoms with Crippen molar-refractivity contribution >= 4 is 34.8 Å². The van der Waals surface area contributed by atoms with E-state index in [-0.39, 0.29) is 22.1 Å². The summed E-state index contributed by atoms with van der Waals surface area (Å²) in [4.78, 5) is 0. The van der Waals surface area contributed by atoms with Crippen LogP contribution < -0.4 is 5.73 Å². The van der Waals surface area contributed by atoms with Gasteiger partial charge in [-0.05, 0) is 25.7 Å². The zero-order valence-corrected chi connectivity index (χ0v) is 9.56. The molecular weight excluding hydrogens is 238 g/mol. The minimum Gasteiger partial charge on any atom is -0.379 e. The molecule has 1 unspecified atom stereocenters. The van der Waals surface area contributed by atoms with Crippen LogP contribution in [0.4, 0.5) is 0 Å². The Balaban J connectivity index is 0. The minimum atomic E-state index is -0.139. The number of hydrogen-bond acceptors (Lipinski definition) is 2. The molecule has 0 bridgehead atoms. The number of rotatable bonds is 1. The Morgan fingerprint density at radius 3 is 2.17 bits per heavy atom. The second-order valence-corrected chi connectivity index (χ2v) is 3.12. The molecule has 0 radical (unpaired) electrons. The van der Waals surface area contributed by atoms with Gasteiger partial charge in [0.05, 0.1) is 6.07 Å². The molecule has 1 atom stereocenters. The van der Waals surface area contributed by atoms with Crippen LogP contribution in [0.1, 0.15) is 19.8 Å². The van der Waals surface area contributed by atoms with Crippen LogP contribution in [0.2, 0.25) is 0 Å². The van der Waals surface area contributed by atoms with E-state index in [4.69, 9.17) is 10.7 Å². The maximum Gasteiger partial charge on any atom is 0.147 e. The second kappa shape index (κ2) is 7.44. The first kappa shape index (κ1) is 14.3. The van der Waals surface area contributed by atoms with Crippen LogP contribution in [0.15, 0.2) is 0 Å². The first-order valence-electron chi connectivity index (χ1n) is 3.50. The lowest BCUT2D eigenvalue weighted by Crippen LogP contribution is -1.96. The number of halogens is 1. The number of nitrogens with two attached hydrogens (primary N) is 1. The molecule has 70 valence electrons. The van der Waals surface area contributed by atoms with E-state index in [1.807, 2.05) is 6.92 Å². The molecular formula is C7H14BrN3S. The molecule has 1 aliphatic carbocycles. The maximum atomic E-state index is 8.30. The highest BCUT2D eigenvalue weighted by Gasteiger charge is 2.27. The summed E-state index contributed by atoms with van der Waals surface area (Å²) in [5, 5.41) is 14.3. The van der Waals surface area contributed by atoms with E-state index in [1.54, 1.807) is 0 Å². The molecule has 12 heavy (non-hydrogen) atoms. The monoisotopic (exact) mass is 251 g/mol. The maximum absolute atomic E-state index is 8.30. The van der Waals surface area contributed by atoms with E-state index in [0.29, 0.717) is 5.92 Å². The lowest BCUT2D eigenvalue weighted by molar-refractivity contribution is 0.642. The van der Waals surface area contributed by atoms with E-state index < -0.39 is 0 Å². The molecule has 0 aromatic carbocycles. The van der Waals surface area contributed by atoms with Gasteiger partial charge in [0.1, 0.15) is 5.17 Å². The minimum absolute atomic E-state index is 0. The van der Waals surface area contributed by atoms with Crippen molar-refractivity contribution in [3.8, 4) is 6.07 Å². The highest BCUT2D eigenvalue weighted by Crippen LogP contribution is 2.35. The Hall–Kier alpha value is -0.210. The Morgan fingerprint density at radius 2 is 2.08 bits per heavy atom. The first-order chi connectivity index (χ1) is 5.07. The normalized spacial score (nSPS) is 15.8. The average Bonchev–Trinajstić information content (AvgIpc) is 2.66. The summed E-state index contributed by atoms with van der Waals surface area (Å²) < 4.78 is 0. The van der Waals surface area contributed by atoms with Crippen LogP contribution in [0.3, 0.4) is 0 Å². The Labute approximate surface area is 89.0 Å². The van der Waals surface area contributed by atoms with Crippen molar-refractivity contribution in [2.45, 2.75) is 19.8 Å². The molecule has 0 spiro atoms. The van der Waals surface area contributed by atoms with Crippen molar-refractivity contribution in [1.82, 2.24) is 0 Å². The number of nitriles is 1. The highest BCUT2D eigenvalue weighted by atomic mass is 79.9. The summed E-state index contributed by atoms with van der Waals surface area (Å²) in [5.74, 6) is 1.07. The number of hydrogen-bond donors (Lipinski definition) is 3. The number of amidine groups is 1. The third-order valence-electron chi connectivity index (χ3n) is 1.53. The van der Waals surface area contributed by atoms with Crippen molar-refractivity contribution in [3.63, 3.8) is 0 Å². The lowest BCUT2D eigenvalue weighted by Gasteiger charge is -1.90. The first-order valence-corrected chi connectivity index (χ1v) is 3.95. The molecule has 0 aliphatic heterocycles. The summed E-state index contributed by atoms with van der Waals surface area (Å²) in [6, 6.07) is 2.23. The second-order valence-electron chi connectivity index (χ2n) is 2.64. The lowest BCUT2D eigenvalue weighted by atomic mass is 10.1. The van der Waals surface area contributed by atoms with Gasteiger partial charge >= 0.3 is 0 Å². The fourth-order valence-corrected chi connectivity index (χ4v) is 0.702. The average molecular weight is 252 g/mol. The van der Waals surface area contributed by atoms with Gasteiger partial charge in [-0.1, -0.05) is 0 Å². The summed E-state index contributed by atoms with van der Waals surface area (Å²) in [6.45, 7) is 2.00. The standard InChI is InChI=1S/C6H9N.CH4N2S.BrH/c1-5(4-7)6-2-3-6;2-1(3)4;/h5-6H,2-3H2,1H3;(H4,2,3,4);1H. The van der Waals surface area contributed by atoms with Gasteiger partial charge in [0.25, 0.3) is 0 Å². The summed E-state index contributed by atoms with van der Waals surface area (Å²) >= 11 is 3.33. The molecule has 0 heterocycles. The fourth-order valence-electron chi connectivity index (χ4n) is 0.702. The van der Waals surface area contributed by atoms with Crippen LogP contribution in [0.25, 0.3) is 0 Å². The molecule has 3 N–H and O–H groups in total. The number of nitrogens with one attached hydrogen (secondary N) is 1. The Morgan fingerprint density at radius 1 is 1.75 bits per heavy atom. The summed E-state index contributed by atoms with van der Waals surface area (Å²) in [7, 11) is 0. The SMILES string of the molecule is Br.CC(C#N)C1CC1.N=C(N)S. The van der Waals surface area contributed by atoms with Crippen LogP contribution in [-0.4, -0.2) is 5.17 Å². The van der Waals surface area contributed by atoms with Crippen molar-refractivity contribution < 1.29 is 0 Å². The number of nitrogens with zero attached hydrogens (tertiary/aromatic N) is 1. The van der Waals surface area contributed by atoms with Crippen LogP contribution in [0.5, 0.6) is 0 Å². The molecule has 0 saturated heterocycles. The molecule has 0 aromatic rings. The van der Waals surface area contributed by atoms with Gasteiger partial charge in [-0.2, -0.15) is 5.26 Å². The molecule has 1 rings (SSSR count). The predicted octanol–water partition coefficient (Wildman–Crippen LogP) is 1.94. The van der Waals surface area contributed by atoms with Crippen molar-refractivity contribution in [2.75, 3.05) is 0 Å². The van der Waals surface area contributed by atoms with Crippen molar-refractivity contribution in [3.05, 3.63) is 0 Å². The van der Waals surface area contributed by atoms with E-state index in [9.17, 15) is 0 Å². The molecule has 3 nitrogen and oxygen atoms in total. The molecule has 0 amide bonds. The van der Waals surface area contributed by atoms with Gasteiger partial charge < -0.3 is 5.73 Å². The molecule has 1 aliphatic rings. The molecule has 0 aromatic heterocycles. The van der Waals surface area contributed by atoms with E-state index in [2.05, 4.69) is 24.4 Å². The van der Waals surface area contributed by atoms with Crippen molar-refractivity contribution in [1.29, 1.82) is 10.7 Å². The van der Waals surface area contributed by atoms with Gasteiger partial charge in [-0.25, -0.2) is 0 Å². The zero-order chi connectivity index (χ0) is 8.85. The third kappa shape index (κ3) is 9.79. The topological polar surface area (TPSA) is 73.7 Å². The van der Waals surface area contributed by atoms with Gasteiger partial charge in [0, 0.05) is 5.92 Å². The van der Waals surface area contributed by atoms with E-state index >= 15 is 0 Å². The quantitative estimate of drug-likeness (QED) is 0.379. The van der Waals surface area contributed by atoms with Gasteiger partial charge in [-0.15, -0.1) is 29.6 Å². The fraction of sp³-hybridized carbons (Fsp3) is 0.714. The third-order valence-corrected chi connectivity index (χ3v) is 1.53. The predicted molar refractivity (Wildman–Crippen MR) is 58.7 cm³/mol. The van der Waals surface area contributed by atoms with Crippen LogP contribution in [-0.2, 0) is 0 Å². The van der Waals surface area contributed by atoms with Gasteiger partial charge in [0.2, 0.25) is 0 Å². The van der Waals surface area contributed by atoms with Gasteiger partial charge in [-0.3, -0.25) is 5.41 Å². The highest BCUT2D eigenvalue weighted by molar-refractivity contribution is 8.93. The van der Waals surface area contributed by atoms with Crippen LogP contribution >= 0.6 is 29.6 Å². The van der Waals surface area contributed by atoms with Crippen LogP contribution in [0, 0.1) is 28.6 Å². The number of thiol groups is 1. The Bertz CT molecular complexity index is 170. The molecule has 1 fully saturated rings. The largest absolute Gasteiger partial charge is 0.379 e. The molecule has 5 heteroatoms. The zero-order valence-electron chi connectivity index (χ0n) is 6.95. The smallest absolute Gasteiger partial charge is 0.147 e. The summed E-state index contributed by atoms with van der Waals surface area (Å²) in [5.41, 5.74) is 4.56. The van der Waals surface area contributed by atoms with E-state index in [1.165, 1.54) is 12.8 Å². The van der Waals surface area contributed by atoms with Crippen molar-refractivity contribution in [2.24, 2.45) is 17.6 Å². The summed E-state index contributed by atoms with van der Waals surface area (Å²) in [6.07, 6.45) is 2.57. The van der Waals surface area contributed by atoms with Gasteiger partial charge in [0.15, 0.2) is 0 Å². The Kier molecular flexibility index (Phi) is 8.88. The molecule has 1 saturated carbocycles.